The molecule has 4 rings (SSSR count). The number of carbonyl (C=O) groups is 2. The summed E-state index contributed by atoms with van der Waals surface area (Å²) in [5.41, 5.74) is 0.713. The van der Waals surface area contributed by atoms with E-state index >= 15 is 0 Å². The molecule has 2 N–H and O–H groups in total. The molecular weight excluding hydrogens is 462 g/mol. The molecule has 178 valence electrons. The molecule has 0 aliphatic carbocycles. The van der Waals surface area contributed by atoms with Gasteiger partial charge in [-0.3, -0.25) is 9.59 Å². The Labute approximate surface area is 200 Å². The molecular formula is C25H24ClNO7. The zero-order valence-electron chi connectivity index (χ0n) is 18.9. The number of methoxy groups -OCH3 is 1. The SMILES string of the molecule is COc1ccc(C2C(C(=O)c3cc4cc(Cl)ccc4o3)=C(O)C(=O)N2CCOC(C)C)cc1O. The minimum Gasteiger partial charge on any atom is -0.504 e. The lowest BCUT2D eigenvalue weighted by molar-refractivity contribution is -0.130. The molecule has 3 aromatic rings. The number of furan rings is 1. The molecule has 2 aromatic carbocycles. The monoisotopic (exact) mass is 485 g/mol. The number of aliphatic hydroxyl groups is 1. The first kappa shape index (κ1) is 23.7. The number of phenols is 1. The zero-order valence-corrected chi connectivity index (χ0v) is 19.6. The van der Waals surface area contributed by atoms with Crippen LogP contribution in [0.1, 0.15) is 36.0 Å². The van der Waals surface area contributed by atoms with Crippen LogP contribution in [0.25, 0.3) is 11.0 Å². The molecule has 1 aliphatic heterocycles. The van der Waals surface area contributed by atoms with E-state index in [1.165, 1.54) is 30.2 Å². The third kappa shape index (κ3) is 4.34. The molecule has 0 saturated carbocycles. The molecule has 0 fully saturated rings. The summed E-state index contributed by atoms with van der Waals surface area (Å²) in [6.45, 7) is 4.04. The standard InChI is InChI=1S/C25H24ClNO7/c1-13(2)33-9-8-27-22(14-4-6-19(32-3)17(28)11-14)21(24(30)25(27)31)23(29)20-12-15-10-16(26)5-7-18(15)34-20/h4-7,10-13,22,28,30H,8-9H2,1-3H3. The molecule has 0 radical (unpaired) electrons. The Bertz CT molecular complexity index is 1290. The van der Waals surface area contributed by atoms with Gasteiger partial charge >= 0.3 is 0 Å². The number of phenolic OH excluding ortho intramolecular Hbond substituents is 1. The van der Waals surface area contributed by atoms with E-state index in [4.69, 9.17) is 25.5 Å². The topological polar surface area (TPSA) is 109 Å². The fraction of sp³-hybridized carbons (Fsp3) is 0.280. The number of hydrogen-bond acceptors (Lipinski definition) is 7. The van der Waals surface area contributed by atoms with E-state index in [2.05, 4.69) is 0 Å². The summed E-state index contributed by atoms with van der Waals surface area (Å²) < 4.78 is 16.4. The second-order valence-electron chi connectivity index (χ2n) is 8.14. The van der Waals surface area contributed by atoms with E-state index in [1.807, 2.05) is 13.8 Å². The second-order valence-corrected chi connectivity index (χ2v) is 8.57. The number of nitrogens with zero attached hydrogens (tertiary/aromatic N) is 1. The lowest BCUT2D eigenvalue weighted by Gasteiger charge is -2.27. The molecule has 1 atom stereocenters. The Hall–Kier alpha value is -3.49. The first-order valence-electron chi connectivity index (χ1n) is 10.7. The van der Waals surface area contributed by atoms with Crippen molar-refractivity contribution < 1.29 is 33.7 Å². The Balaban J connectivity index is 1.77. The van der Waals surface area contributed by atoms with Crippen molar-refractivity contribution in [1.82, 2.24) is 4.90 Å². The van der Waals surface area contributed by atoms with Gasteiger partial charge in [0, 0.05) is 17.0 Å². The molecule has 34 heavy (non-hydrogen) atoms. The first-order chi connectivity index (χ1) is 16.2. The van der Waals surface area contributed by atoms with Crippen molar-refractivity contribution in [2.24, 2.45) is 0 Å². The van der Waals surface area contributed by atoms with E-state index in [0.29, 0.717) is 21.6 Å². The number of fused-ring (bicyclic) bond motifs is 1. The fourth-order valence-electron chi connectivity index (χ4n) is 3.99. The lowest BCUT2D eigenvalue weighted by Crippen LogP contribution is -2.34. The largest absolute Gasteiger partial charge is 0.504 e. The number of benzene rings is 2. The lowest BCUT2D eigenvalue weighted by atomic mass is 9.94. The number of amides is 1. The van der Waals surface area contributed by atoms with Crippen molar-refractivity contribution in [3.8, 4) is 11.5 Å². The van der Waals surface area contributed by atoms with Gasteiger partial charge in [-0.25, -0.2) is 0 Å². The minimum atomic E-state index is -0.968. The van der Waals surface area contributed by atoms with E-state index < -0.39 is 23.5 Å². The van der Waals surface area contributed by atoms with Gasteiger partial charge in [-0.2, -0.15) is 0 Å². The first-order valence-corrected chi connectivity index (χ1v) is 11.1. The van der Waals surface area contributed by atoms with Crippen molar-refractivity contribution in [3.05, 3.63) is 70.1 Å². The van der Waals surface area contributed by atoms with Crippen LogP contribution >= 0.6 is 11.6 Å². The highest BCUT2D eigenvalue weighted by atomic mass is 35.5. The predicted molar refractivity (Wildman–Crippen MR) is 125 cm³/mol. The number of rotatable bonds is 8. The molecule has 0 saturated heterocycles. The number of carbonyl (C=O) groups excluding carboxylic acids is 2. The number of aromatic hydroxyl groups is 1. The number of Topliss-reactive ketones (excluding diaryl/α,β-unsaturated/α-hetero) is 1. The molecule has 1 aliphatic rings. The third-order valence-electron chi connectivity index (χ3n) is 5.55. The van der Waals surface area contributed by atoms with Gasteiger partial charge in [-0.15, -0.1) is 0 Å². The summed E-state index contributed by atoms with van der Waals surface area (Å²) in [6, 6.07) is 10.0. The average molecular weight is 486 g/mol. The minimum absolute atomic E-state index is 0.0466. The highest BCUT2D eigenvalue weighted by molar-refractivity contribution is 6.31. The van der Waals surface area contributed by atoms with Gasteiger partial charge in [0.05, 0.1) is 31.4 Å². The molecule has 0 bridgehead atoms. The molecule has 1 unspecified atom stereocenters. The van der Waals surface area contributed by atoms with Crippen LogP contribution < -0.4 is 4.74 Å². The molecule has 1 amide bonds. The Kier molecular flexibility index (Phi) is 6.54. The van der Waals surface area contributed by atoms with Crippen LogP contribution in [0, 0.1) is 0 Å². The second kappa shape index (κ2) is 9.40. The van der Waals surface area contributed by atoms with Crippen LogP contribution in [-0.2, 0) is 9.53 Å². The van der Waals surface area contributed by atoms with Crippen LogP contribution in [0.5, 0.6) is 11.5 Å². The predicted octanol–water partition coefficient (Wildman–Crippen LogP) is 4.80. The molecule has 2 heterocycles. The fourth-order valence-corrected chi connectivity index (χ4v) is 4.17. The summed E-state index contributed by atoms with van der Waals surface area (Å²) in [7, 11) is 1.41. The number of ketones is 1. The van der Waals surface area contributed by atoms with Crippen molar-refractivity contribution in [2.45, 2.75) is 26.0 Å². The maximum atomic E-state index is 13.5. The summed E-state index contributed by atoms with van der Waals surface area (Å²) in [5, 5.41) is 22.2. The maximum absolute atomic E-state index is 13.5. The van der Waals surface area contributed by atoms with Gasteiger partial charge in [0.1, 0.15) is 5.58 Å². The van der Waals surface area contributed by atoms with Crippen LogP contribution in [-0.4, -0.2) is 53.2 Å². The quantitative estimate of drug-likeness (QED) is 0.441. The van der Waals surface area contributed by atoms with Crippen molar-refractivity contribution >= 4 is 34.3 Å². The van der Waals surface area contributed by atoms with Crippen molar-refractivity contribution in [2.75, 3.05) is 20.3 Å². The molecule has 1 aromatic heterocycles. The Morgan fingerprint density at radius 3 is 2.62 bits per heavy atom. The average Bonchev–Trinajstić information content (AvgIpc) is 3.32. The summed E-state index contributed by atoms with van der Waals surface area (Å²) >= 11 is 6.04. The van der Waals surface area contributed by atoms with Gasteiger partial charge in [0.2, 0.25) is 5.78 Å². The Morgan fingerprint density at radius 2 is 1.94 bits per heavy atom. The smallest absolute Gasteiger partial charge is 0.290 e. The maximum Gasteiger partial charge on any atom is 0.290 e. The number of hydrogen-bond donors (Lipinski definition) is 2. The van der Waals surface area contributed by atoms with Crippen LogP contribution in [0.3, 0.4) is 0 Å². The normalized spacial score (nSPS) is 16.2. The number of ether oxygens (including phenoxy) is 2. The number of halogens is 1. The zero-order chi connectivity index (χ0) is 24.6. The van der Waals surface area contributed by atoms with E-state index in [-0.39, 0.29) is 42.1 Å². The van der Waals surface area contributed by atoms with Crippen LogP contribution in [0.15, 0.2) is 58.2 Å². The molecule has 8 nitrogen and oxygen atoms in total. The number of aliphatic hydroxyl groups excluding tert-OH is 1. The van der Waals surface area contributed by atoms with Gasteiger partial charge in [-0.1, -0.05) is 17.7 Å². The van der Waals surface area contributed by atoms with E-state index in [1.54, 1.807) is 24.3 Å². The highest BCUT2D eigenvalue weighted by Crippen LogP contribution is 2.41. The van der Waals surface area contributed by atoms with Crippen molar-refractivity contribution in [1.29, 1.82) is 0 Å². The summed E-state index contributed by atoms with van der Waals surface area (Å²) in [4.78, 5) is 27.9. The van der Waals surface area contributed by atoms with Gasteiger partial charge in [0.15, 0.2) is 23.0 Å². The van der Waals surface area contributed by atoms with Crippen LogP contribution in [0.4, 0.5) is 0 Å². The van der Waals surface area contributed by atoms with Crippen molar-refractivity contribution in [3.63, 3.8) is 0 Å². The molecule has 9 heteroatoms. The third-order valence-corrected chi connectivity index (χ3v) is 5.79. The van der Waals surface area contributed by atoms with Crippen LogP contribution in [0.2, 0.25) is 5.02 Å². The summed E-state index contributed by atoms with van der Waals surface area (Å²) in [5.74, 6) is -2.01. The Morgan fingerprint density at radius 1 is 1.18 bits per heavy atom. The summed E-state index contributed by atoms with van der Waals surface area (Å²) in [6.07, 6.45) is -0.0637. The van der Waals surface area contributed by atoms with Gasteiger partial charge < -0.3 is 29.0 Å². The highest BCUT2D eigenvalue weighted by Gasteiger charge is 2.44. The van der Waals surface area contributed by atoms with E-state index in [0.717, 1.165) is 0 Å². The van der Waals surface area contributed by atoms with E-state index in [9.17, 15) is 19.8 Å². The molecule has 0 spiro atoms. The van der Waals surface area contributed by atoms with Gasteiger partial charge in [-0.05, 0) is 55.8 Å². The van der Waals surface area contributed by atoms with Gasteiger partial charge in [0.25, 0.3) is 5.91 Å².